The van der Waals surface area contributed by atoms with Crippen molar-refractivity contribution in [3.8, 4) is 0 Å². The molecule has 3 amide bonds. The van der Waals surface area contributed by atoms with E-state index in [4.69, 9.17) is 4.74 Å². The van der Waals surface area contributed by atoms with Crippen LogP contribution in [0.5, 0.6) is 0 Å². The lowest BCUT2D eigenvalue weighted by atomic mass is 10.0. The molecule has 0 radical (unpaired) electrons. The number of ether oxygens (including phenoxy) is 1. The lowest BCUT2D eigenvalue weighted by Crippen LogP contribution is -2.43. The number of nitrogens with one attached hydrogen (secondary N) is 1. The Kier molecular flexibility index (Phi) is 6.84. The molecule has 1 atom stereocenters. The maximum absolute atomic E-state index is 12.8. The topological polar surface area (TPSA) is 92.8 Å². The van der Waals surface area contributed by atoms with Crippen molar-refractivity contribution in [1.82, 2.24) is 10.2 Å². The molecule has 0 fully saturated rings. The molecule has 0 spiro atoms. The van der Waals surface area contributed by atoms with Gasteiger partial charge >= 0.3 is 5.97 Å². The van der Waals surface area contributed by atoms with Crippen LogP contribution in [0.2, 0.25) is 0 Å². The zero-order valence-corrected chi connectivity index (χ0v) is 17.9. The SMILES string of the molecule is COC(=O)C(Cc1ccccc1)NC(=O)c1ccc2c(c1)C(=O)N(CCC(C)C)C2=O. The lowest BCUT2D eigenvalue weighted by Gasteiger charge is -2.17. The Morgan fingerprint density at radius 1 is 1.00 bits per heavy atom. The highest BCUT2D eigenvalue weighted by Gasteiger charge is 2.36. The van der Waals surface area contributed by atoms with Crippen molar-refractivity contribution in [2.75, 3.05) is 13.7 Å². The van der Waals surface area contributed by atoms with E-state index in [9.17, 15) is 19.2 Å². The molecule has 31 heavy (non-hydrogen) atoms. The number of hydrogen-bond donors (Lipinski definition) is 1. The lowest BCUT2D eigenvalue weighted by molar-refractivity contribution is -0.142. The van der Waals surface area contributed by atoms with Crippen LogP contribution in [0.4, 0.5) is 0 Å². The van der Waals surface area contributed by atoms with Crippen molar-refractivity contribution in [2.24, 2.45) is 5.92 Å². The van der Waals surface area contributed by atoms with E-state index in [0.29, 0.717) is 24.4 Å². The number of carbonyl (C=O) groups excluding carboxylic acids is 4. The number of carbonyl (C=O) groups is 4. The average molecular weight is 422 g/mol. The Hall–Kier alpha value is -3.48. The quantitative estimate of drug-likeness (QED) is 0.522. The highest BCUT2D eigenvalue weighted by Crippen LogP contribution is 2.25. The second kappa shape index (κ2) is 9.55. The molecular formula is C24H26N2O5. The molecule has 0 bridgehead atoms. The minimum Gasteiger partial charge on any atom is -0.467 e. The van der Waals surface area contributed by atoms with Gasteiger partial charge in [0, 0.05) is 18.5 Å². The van der Waals surface area contributed by atoms with Crippen molar-refractivity contribution < 1.29 is 23.9 Å². The van der Waals surface area contributed by atoms with E-state index in [1.54, 1.807) is 0 Å². The van der Waals surface area contributed by atoms with Crippen molar-refractivity contribution >= 4 is 23.7 Å². The molecule has 0 saturated heterocycles. The maximum Gasteiger partial charge on any atom is 0.328 e. The highest BCUT2D eigenvalue weighted by molar-refractivity contribution is 6.22. The summed E-state index contributed by atoms with van der Waals surface area (Å²) < 4.78 is 4.83. The standard InChI is InChI=1S/C24H26N2O5/c1-15(2)11-12-26-22(28)18-10-9-17(14-19(18)23(26)29)21(27)25-20(24(30)31-3)13-16-7-5-4-6-8-16/h4-10,14-15,20H,11-13H2,1-3H3,(H,25,27). The molecule has 1 aliphatic heterocycles. The summed E-state index contributed by atoms with van der Waals surface area (Å²) in [5.74, 6) is -1.47. The molecular weight excluding hydrogens is 396 g/mol. The Morgan fingerprint density at radius 2 is 1.68 bits per heavy atom. The van der Waals surface area contributed by atoms with E-state index in [1.165, 1.54) is 30.2 Å². The van der Waals surface area contributed by atoms with Gasteiger partial charge in [-0.05, 0) is 36.1 Å². The van der Waals surface area contributed by atoms with Crippen LogP contribution in [0.25, 0.3) is 0 Å². The van der Waals surface area contributed by atoms with Gasteiger partial charge in [-0.1, -0.05) is 44.2 Å². The fraction of sp³-hybridized carbons (Fsp3) is 0.333. The smallest absolute Gasteiger partial charge is 0.328 e. The van der Waals surface area contributed by atoms with Crippen LogP contribution < -0.4 is 5.32 Å². The predicted molar refractivity (Wildman–Crippen MR) is 115 cm³/mol. The highest BCUT2D eigenvalue weighted by atomic mass is 16.5. The number of nitrogens with zero attached hydrogens (tertiary/aromatic N) is 1. The normalized spacial score (nSPS) is 13.9. The third-order valence-corrected chi connectivity index (χ3v) is 5.24. The summed E-state index contributed by atoms with van der Waals surface area (Å²) in [6.45, 7) is 4.38. The van der Waals surface area contributed by atoms with Gasteiger partial charge in [0.05, 0.1) is 18.2 Å². The summed E-state index contributed by atoms with van der Waals surface area (Å²) in [4.78, 5) is 51.5. The first-order valence-corrected chi connectivity index (χ1v) is 10.2. The van der Waals surface area contributed by atoms with Gasteiger partial charge in [0.25, 0.3) is 17.7 Å². The van der Waals surface area contributed by atoms with E-state index < -0.39 is 23.8 Å². The number of benzene rings is 2. The van der Waals surface area contributed by atoms with Crippen LogP contribution in [0.1, 0.15) is 56.9 Å². The fourth-order valence-electron chi connectivity index (χ4n) is 3.45. The molecule has 0 saturated carbocycles. The Morgan fingerprint density at radius 3 is 2.32 bits per heavy atom. The fourth-order valence-corrected chi connectivity index (χ4v) is 3.45. The number of hydrogen-bond acceptors (Lipinski definition) is 5. The third-order valence-electron chi connectivity index (χ3n) is 5.24. The second-order valence-corrected chi connectivity index (χ2v) is 7.94. The first-order chi connectivity index (χ1) is 14.8. The van der Waals surface area contributed by atoms with Crippen molar-refractivity contribution in [3.05, 3.63) is 70.8 Å². The van der Waals surface area contributed by atoms with Crippen LogP contribution in [0, 0.1) is 5.92 Å². The largest absolute Gasteiger partial charge is 0.467 e. The van der Waals surface area contributed by atoms with Crippen molar-refractivity contribution in [3.63, 3.8) is 0 Å². The third kappa shape index (κ3) is 4.99. The van der Waals surface area contributed by atoms with Crippen LogP contribution in [0.15, 0.2) is 48.5 Å². The minimum atomic E-state index is -0.881. The zero-order chi connectivity index (χ0) is 22.5. The van der Waals surface area contributed by atoms with Gasteiger partial charge in [0.15, 0.2) is 0 Å². The number of fused-ring (bicyclic) bond motifs is 1. The van der Waals surface area contributed by atoms with E-state index in [2.05, 4.69) is 5.32 Å². The van der Waals surface area contributed by atoms with Gasteiger partial charge in [0.1, 0.15) is 6.04 Å². The molecule has 2 aromatic rings. The van der Waals surface area contributed by atoms with Gasteiger partial charge in [-0.25, -0.2) is 4.79 Å². The monoisotopic (exact) mass is 422 g/mol. The molecule has 162 valence electrons. The summed E-state index contributed by atoms with van der Waals surface area (Å²) in [6, 6.07) is 12.8. The number of imide groups is 1. The molecule has 2 aromatic carbocycles. The summed E-state index contributed by atoms with van der Waals surface area (Å²) in [5, 5.41) is 2.68. The Balaban J connectivity index is 1.77. The maximum atomic E-state index is 12.8. The Labute approximate surface area is 181 Å². The van der Waals surface area contributed by atoms with Gasteiger partial charge in [0.2, 0.25) is 0 Å². The van der Waals surface area contributed by atoms with Gasteiger partial charge in [-0.3, -0.25) is 19.3 Å². The zero-order valence-electron chi connectivity index (χ0n) is 17.9. The van der Waals surface area contributed by atoms with E-state index >= 15 is 0 Å². The number of amides is 3. The molecule has 0 aromatic heterocycles. The molecule has 7 nitrogen and oxygen atoms in total. The van der Waals surface area contributed by atoms with Gasteiger partial charge in [-0.2, -0.15) is 0 Å². The molecule has 1 heterocycles. The van der Waals surface area contributed by atoms with E-state index in [0.717, 1.165) is 5.56 Å². The molecule has 0 aliphatic carbocycles. The van der Waals surface area contributed by atoms with Crippen molar-refractivity contribution in [1.29, 1.82) is 0 Å². The molecule has 7 heteroatoms. The first kappa shape index (κ1) is 22.2. The van der Waals surface area contributed by atoms with Gasteiger partial charge < -0.3 is 10.1 Å². The number of methoxy groups -OCH3 is 1. The molecule has 1 unspecified atom stereocenters. The average Bonchev–Trinajstić information content (AvgIpc) is 3.01. The Bertz CT molecular complexity index is 1000. The second-order valence-electron chi connectivity index (χ2n) is 7.94. The number of rotatable bonds is 8. The van der Waals surface area contributed by atoms with E-state index in [1.807, 2.05) is 44.2 Å². The van der Waals surface area contributed by atoms with Crippen LogP contribution >= 0.6 is 0 Å². The molecule has 1 aliphatic rings. The van der Waals surface area contributed by atoms with Crippen LogP contribution in [-0.2, 0) is 16.0 Å². The summed E-state index contributed by atoms with van der Waals surface area (Å²) in [6.07, 6.45) is 0.976. The van der Waals surface area contributed by atoms with Gasteiger partial charge in [-0.15, -0.1) is 0 Å². The van der Waals surface area contributed by atoms with Crippen LogP contribution in [0.3, 0.4) is 0 Å². The van der Waals surface area contributed by atoms with E-state index in [-0.39, 0.29) is 23.5 Å². The van der Waals surface area contributed by atoms with Crippen LogP contribution in [-0.4, -0.2) is 48.3 Å². The first-order valence-electron chi connectivity index (χ1n) is 10.2. The predicted octanol–water partition coefficient (Wildman–Crippen LogP) is 2.84. The van der Waals surface area contributed by atoms with Crippen molar-refractivity contribution in [2.45, 2.75) is 32.7 Å². The number of esters is 1. The summed E-state index contributed by atoms with van der Waals surface area (Å²) in [5.41, 5.74) is 1.57. The summed E-state index contributed by atoms with van der Waals surface area (Å²) in [7, 11) is 1.26. The summed E-state index contributed by atoms with van der Waals surface area (Å²) >= 11 is 0. The minimum absolute atomic E-state index is 0.201. The molecule has 3 rings (SSSR count). The molecule has 1 N–H and O–H groups in total.